The number of ether oxygens (including phenoxy) is 1. The molecule has 1 aliphatic rings. The van der Waals surface area contributed by atoms with Crippen LogP contribution in [0.25, 0.3) is 0 Å². The molecule has 110 valence electrons. The predicted octanol–water partition coefficient (Wildman–Crippen LogP) is 2.28. The van der Waals surface area contributed by atoms with Gasteiger partial charge in [-0.1, -0.05) is 33.3 Å². The number of esters is 1. The molecular formula is C14H25NO3S. The first-order valence-electron chi connectivity index (χ1n) is 7.05. The molecule has 0 N–H and O–H groups in total. The van der Waals surface area contributed by atoms with E-state index in [1.165, 1.54) is 0 Å². The molecule has 5 heteroatoms. The van der Waals surface area contributed by atoms with Crippen LogP contribution in [-0.2, 0) is 20.9 Å². The topological polar surface area (TPSA) is 52.6 Å². The molecule has 0 aromatic carbocycles. The van der Waals surface area contributed by atoms with E-state index in [1.54, 1.807) is 6.92 Å². The lowest BCUT2D eigenvalue weighted by Crippen LogP contribution is -2.43. The quantitative estimate of drug-likeness (QED) is 0.532. The standard InChI is InChI=1S/C14H25NO3S/c1-5-7-10-19(17)15-9-8-12(13(15)11(3)4)14(16)18-6-2/h8,11,13H,5-7,9-10H2,1-4H3/t13-,19?/m0/s1. The minimum Gasteiger partial charge on any atom is -0.598 e. The third-order valence-corrected chi connectivity index (χ3v) is 4.73. The molecule has 1 aliphatic heterocycles. The fourth-order valence-electron chi connectivity index (χ4n) is 2.28. The first kappa shape index (κ1) is 16.5. The van der Waals surface area contributed by atoms with E-state index in [9.17, 15) is 9.35 Å². The van der Waals surface area contributed by atoms with Crippen molar-refractivity contribution in [2.45, 2.75) is 46.6 Å². The molecule has 19 heavy (non-hydrogen) atoms. The van der Waals surface area contributed by atoms with Gasteiger partial charge in [0, 0.05) is 11.4 Å². The fraction of sp³-hybridized carbons (Fsp3) is 0.786. The van der Waals surface area contributed by atoms with Gasteiger partial charge in [0.15, 0.2) is 0 Å². The SMILES string of the molecule is CCCC[S+]([O-])N1CC=C(C(=O)OCC)[C@@H]1C(C)C. The molecule has 0 saturated heterocycles. The number of carbonyl (C=O) groups excluding carboxylic acids is 1. The Balaban J connectivity index is 2.74. The van der Waals surface area contributed by atoms with Crippen molar-refractivity contribution < 1.29 is 14.1 Å². The van der Waals surface area contributed by atoms with E-state index in [4.69, 9.17) is 4.74 Å². The molecule has 1 heterocycles. The Bertz CT molecular complexity index is 331. The van der Waals surface area contributed by atoms with E-state index in [1.807, 2.05) is 24.2 Å². The van der Waals surface area contributed by atoms with E-state index < -0.39 is 11.4 Å². The van der Waals surface area contributed by atoms with Crippen molar-refractivity contribution in [3.05, 3.63) is 11.6 Å². The Morgan fingerprint density at radius 2 is 2.26 bits per heavy atom. The van der Waals surface area contributed by atoms with Gasteiger partial charge in [-0.3, -0.25) is 0 Å². The summed E-state index contributed by atoms with van der Waals surface area (Å²) in [7, 11) is 0. The highest BCUT2D eigenvalue weighted by Gasteiger charge is 2.40. The molecule has 0 amide bonds. The zero-order valence-electron chi connectivity index (χ0n) is 12.3. The van der Waals surface area contributed by atoms with Crippen LogP contribution in [0.5, 0.6) is 0 Å². The third kappa shape index (κ3) is 4.23. The van der Waals surface area contributed by atoms with Gasteiger partial charge in [0.05, 0.1) is 24.8 Å². The second-order valence-corrected chi connectivity index (χ2v) is 6.57. The Morgan fingerprint density at radius 1 is 1.58 bits per heavy atom. The van der Waals surface area contributed by atoms with Gasteiger partial charge in [0.25, 0.3) is 0 Å². The predicted molar refractivity (Wildman–Crippen MR) is 78.0 cm³/mol. The highest BCUT2D eigenvalue weighted by Crippen LogP contribution is 2.29. The summed E-state index contributed by atoms with van der Waals surface area (Å²) in [6, 6.07) is -0.0864. The molecule has 1 unspecified atom stereocenters. The minimum atomic E-state index is -1.01. The molecule has 2 atom stereocenters. The van der Waals surface area contributed by atoms with Crippen molar-refractivity contribution in [2.75, 3.05) is 18.9 Å². The van der Waals surface area contributed by atoms with Gasteiger partial charge in [0.1, 0.15) is 5.75 Å². The molecule has 0 aliphatic carbocycles. The first-order valence-corrected chi connectivity index (χ1v) is 8.32. The average molecular weight is 287 g/mol. The first-order chi connectivity index (χ1) is 9.02. The third-order valence-electron chi connectivity index (χ3n) is 3.20. The molecule has 0 spiro atoms. The Kier molecular flexibility index (Phi) is 6.89. The smallest absolute Gasteiger partial charge is 0.335 e. The lowest BCUT2D eigenvalue weighted by Gasteiger charge is -2.29. The molecule has 0 fully saturated rings. The second kappa shape index (κ2) is 7.92. The van der Waals surface area contributed by atoms with Gasteiger partial charge < -0.3 is 9.29 Å². The van der Waals surface area contributed by atoms with Crippen molar-refractivity contribution in [3.63, 3.8) is 0 Å². The van der Waals surface area contributed by atoms with Gasteiger partial charge >= 0.3 is 5.97 Å². The largest absolute Gasteiger partial charge is 0.598 e. The van der Waals surface area contributed by atoms with Gasteiger partial charge in [-0.15, -0.1) is 4.31 Å². The van der Waals surface area contributed by atoms with E-state index in [-0.39, 0.29) is 17.9 Å². The zero-order valence-corrected chi connectivity index (χ0v) is 13.2. The summed E-state index contributed by atoms with van der Waals surface area (Å²) in [6.45, 7) is 8.94. The summed E-state index contributed by atoms with van der Waals surface area (Å²) in [5.41, 5.74) is 0.668. The van der Waals surface area contributed by atoms with E-state index >= 15 is 0 Å². The molecule has 0 radical (unpaired) electrons. The molecule has 1 rings (SSSR count). The monoisotopic (exact) mass is 287 g/mol. The van der Waals surface area contributed by atoms with Crippen molar-refractivity contribution in [1.82, 2.24) is 4.31 Å². The van der Waals surface area contributed by atoms with Crippen molar-refractivity contribution in [3.8, 4) is 0 Å². The molecule has 4 nitrogen and oxygen atoms in total. The van der Waals surface area contributed by atoms with Crippen LogP contribution in [0.3, 0.4) is 0 Å². The number of hydrogen-bond donors (Lipinski definition) is 0. The van der Waals surface area contributed by atoms with E-state index in [2.05, 4.69) is 6.92 Å². The summed E-state index contributed by atoms with van der Waals surface area (Å²) in [5.74, 6) is 0.642. The van der Waals surface area contributed by atoms with Crippen molar-refractivity contribution in [1.29, 1.82) is 0 Å². The highest BCUT2D eigenvalue weighted by molar-refractivity contribution is 7.89. The summed E-state index contributed by atoms with van der Waals surface area (Å²) in [4.78, 5) is 11.9. The van der Waals surface area contributed by atoms with E-state index in [0.717, 1.165) is 12.8 Å². The van der Waals surface area contributed by atoms with Crippen LogP contribution in [0, 0.1) is 5.92 Å². The Morgan fingerprint density at radius 3 is 2.79 bits per heavy atom. The molecule has 0 aromatic rings. The van der Waals surface area contributed by atoms with E-state index in [0.29, 0.717) is 24.5 Å². The van der Waals surface area contributed by atoms with Crippen LogP contribution in [-0.4, -0.2) is 39.8 Å². The van der Waals surface area contributed by atoms with Crippen LogP contribution in [0.15, 0.2) is 11.6 Å². The van der Waals surface area contributed by atoms with Crippen molar-refractivity contribution >= 4 is 17.3 Å². The van der Waals surface area contributed by atoms with Gasteiger partial charge in [0.2, 0.25) is 0 Å². The van der Waals surface area contributed by atoms with Crippen LogP contribution < -0.4 is 0 Å². The summed E-state index contributed by atoms with van der Waals surface area (Å²) in [5, 5.41) is 0. The number of hydrogen-bond acceptors (Lipinski definition) is 4. The minimum absolute atomic E-state index is 0.0864. The summed E-state index contributed by atoms with van der Waals surface area (Å²) < 4.78 is 19.3. The lowest BCUT2D eigenvalue weighted by atomic mass is 9.98. The molecule has 0 aromatic heterocycles. The molecule has 0 bridgehead atoms. The fourth-order valence-corrected chi connectivity index (χ4v) is 3.90. The molecular weight excluding hydrogens is 262 g/mol. The number of unbranched alkanes of at least 4 members (excludes halogenated alkanes) is 1. The number of carbonyl (C=O) groups is 1. The Labute approximate surface area is 119 Å². The number of nitrogens with zero attached hydrogens (tertiary/aromatic N) is 1. The lowest BCUT2D eigenvalue weighted by molar-refractivity contribution is -0.139. The summed E-state index contributed by atoms with van der Waals surface area (Å²) in [6.07, 6.45) is 3.85. The van der Waals surface area contributed by atoms with Gasteiger partial charge in [-0.05, 0) is 19.3 Å². The summed E-state index contributed by atoms with van der Waals surface area (Å²) >= 11 is -1.01. The maximum Gasteiger partial charge on any atom is 0.335 e. The van der Waals surface area contributed by atoms with Gasteiger partial charge in [-0.25, -0.2) is 4.79 Å². The van der Waals surface area contributed by atoms with Crippen LogP contribution in [0.4, 0.5) is 0 Å². The normalized spacial score (nSPS) is 21.6. The van der Waals surface area contributed by atoms with Crippen LogP contribution in [0.1, 0.15) is 40.5 Å². The maximum atomic E-state index is 12.3. The molecule has 0 saturated carbocycles. The van der Waals surface area contributed by atoms with Crippen LogP contribution >= 0.6 is 0 Å². The van der Waals surface area contributed by atoms with Gasteiger partial charge in [-0.2, -0.15) is 0 Å². The zero-order chi connectivity index (χ0) is 14.4. The highest BCUT2D eigenvalue weighted by atomic mass is 32.2. The second-order valence-electron chi connectivity index (χ2n) is 5.05. The van der Waals surface area contributed by atoms with Crippen molar-refractivity contribution in [2.24, 2.45) is 5.92 Å². The van der Waals surface area contributed by atoms with Crippen LogP contribution in [0.2, 0.25) is 0 Å². The number of rotatable bonds is 7. The maximum absolute atomic E-state index is 12.3. The Hall–Kier alpha value is -0.520. The average Bonchev–Trinajstić information content (AvgIpc) is 2.81.